The number of rotatable bonds is 4. The van der Waals surface area contributed by atoms with Crippen LogP contribution in [0.15, 0.2) is 12.1 Å². The van der Waals surface area contributed by atoms with Gasteiger partial charge in [0.15, 0.2) is 5.78 Å². The van der Waals surface area contributed by atoms with E-state index < -0.39 is 0 Å². The molecule has 2 nitrogen and oxygen atoms in total. The van der Waals surface area contributed by atoms with E-state index in [1.165, 1.54) is 0 Å². The lowest BCUT2D eigenvalue weighted by atomic mass is 10.0. The number of ketones is 1. The summed E-state index contributed by atoms with van der Waals surface area (Å²) in [6, 6.07) is 3.84. The van der Waals surface area contributed by atoms with Crippen LogP contribution in [0.1, 0.15) is 27.9 Å². The van der Waals surface area contributed by atoms with Gasteiger partial charge >= 0.3 is 0 Å². The molecule has 0 amide bonds. The molecule has 0 radical (unpaired) electrons. The van der Waals surface area contributed by atoms with Crippen molar-refractivity contribution in [3.63, 3.8) is 0 Å². The highest BCUT2D eigenvalue weighted by Gasteiger charge is 2.14. The van der Waals surface area contributed by atoms with Gasteiger partial charge in [0, 0.05) is 12.3 Å². The van der Waals surface area contributed by atoms with E-state index in [1.807, 2.05) is 26.0 Å². The van der Waals surface area contributed by atoms with Crippen LogP contribution in [0.25, 0.3) is 0 Å². The van der Waals surface area contributed by atoms with Gasteiger partial charge in [-0.25, -0.2) is 0 Å². The zero-order chi connectivity index (χ0) is 11.4. The van der Waals surface area contributed by atoms with Crippen molar-refractivity contribution in [2.24, 2.45) is 0 Å². The van der Waals surface area contributed by atoms with Gasteiger partial charge in [-0.05, 0) is 31.0 Å². The third-order valence-electron chi connectivity index (χ3n) is 2.25. The van der Waals surface area contributed by atoms with E-state index in [0.717, 1.165) is 11.1 Å². The fourth-order valence-electron chi connectivity index (χ4n) is 1.65. The van der Waals surface area contributed by atoms with Gasteiger partial charge in [-0.1, -0.05) is 6.07 Å². The Morgan fingerprint density at radius 3 is 2.60 bits per heavy atom. The number of carbonyl (C=O) groups is 1. The lowest BCUT2D eigenvalue weighted by molar-refractivity contribution is 0.0986. The van der Waals surface area contributed by atoms with Crippen LogP contribution in [0.5, 0.6) is 5.75 Å². The molecule has 0 bridgehead atoms. The zero-order valence-corrected chi connectivity index (χ0v) is 10.0. The molecule has 0 aromatic heterocycles. The predicted octanol–water partition coefficient (Wildman–Crippen LogP) is 3.12. The van der Waals surface area contributed by atoms with Crippen molar-refractivity contribution in [3.8, 4) is 5.75 Å². The van der Waals surface area contributed by atoms with Crippen LogP contribution < -0.4 is 4.74 Å². The maximum Gasteiger partial charge on any atom is 0.167 e. The molecule has 1 aromatic carbocycles. The second kappa shape index (κ2) is 5.17. The minimum absolute atomic E-state index is 0.0358. The van der Waals surface area contributed by atoms with Gasteiger partial charge < -0.3 is 4.74 Å². The van der Waals surface area contributed by atoms with E-state index >= 15 is 0 Å². The highest BCUT2D eigenvalue weighted by Crippen LogP contribution is 2.26. The summed E-state index contributed by atoms with van der Waals surface area (Å²) >= 11 is 5.56. The molecule has 0 atom stereocenters. The van der Waals surface area contributed by atoms with Crippen molar-refractivity contribution in [1.82, 2.24) is 0 Å². The average Bonchev–Trinajstić information content (AvgIpc) is 2.17. The quantitative estimate of drug-likeness (QED) is 0.583. The molecule has 0 spiro atoms. The molecule has 0 fully saturated rings. The van der Waals surface area contributed by atoms with Gasteiger partial charge in [0.05, 0.1) is 12.7 Å². The Morgan fingerprint density at radius 2 is 2.07 bits per heavy atom. The average molecular weight is 227 g/mol. The number of Topliss-reactive ketones (excluding diaryl/α,β-unsaturated/α-hetero) is 1. The Morgan fingerprint density at radius 1 is 1.40 bits per heavy atom. The molecule has 1 aromatic rings. The van der Waals surface area contributed by atoms with Crippen LogP contribution >= 0.6 is 11.6 Å². The highest BCUT2D eigenvalue weighted by molar-refractivity contribution is 6.19. The number of ether oxygens (including phenoxy) is 1. The van der Waals surface area contributed by atoms with Crippen LogP contribution in [-0.2, 0) is 0 Å². The van der Waals surface area contributed by atoms with Gasteiger partial charge in [-0.2, -0.15) is 0 Å². The van der Waals surface area contributed by atoms with Crippen LogP contribution in [0.4, 0.5) is 0 Å². The highest BCUT2D eigenvalue weighted by atomic mass is 35.5. The maximum atomic E-state index is 11.8. The summed E-state index contributed by atoms with van der Waals surface area (Å²) in [4.78, 5) is 11.8. The molecule has 0 aliphatic carbocycles. The summed E-state index contributed by atoms with van der Waals surface area (Å²) in [6.07, 6.45) is 0.348. The van der Waals surface area contributed by atoms with Crippen molar-refractivity contribution in [2.75, 3.05) is 13.0 Å². The number of methoxy groups -OCH3 is 1. The van der Waals surface area contributed by atoms with Gasteiger partial charge in [0.2, 0.25) is 0 Å². The summed E-state index contributed by atoms with van der Waals surface area (Å²) in [5.74, 6) is 1.04. The van der Waals surface area contributed by atoms with Crippen LogP contribution in [0.2, 0.25) is 0 Å². The van der Waals surface area contributed by atoms with Crippen molar-refractivity contribution in [3.05, 3.63) is 28.8 Å². The first-order chi connectivity index (χ1) is 7.10. The summed E-state index contributed by atoms with van der Waals surface area (Å²) in [5, 5.41) is 0. The van der Waals surface area contributed by atoms with E-state index in [2.05, 4.69) is 0 Å². The standard InChI is InChI=1S/C12H15ClO2/c1-8-6-9(2)12(15-3)10(7-8)11(14)4-5-13/h6-7H,4-5H2,1-3H3. The summed E-state index contributed by atoms with van der Waals surface area (Å²) < 4.78 is 5.23. The second-order valence-corrected chi connectivity index (χ2v) is 3.90. The molecule has 15 heavy (non-hydrogen) atoms. The molecular formula is C12H15ClO2. The molecule has 0 aliphatic heterocycles. The number of aryl methyl sites for hydroxylation is 2. The lowest BCUT2D eigenvalue weighted by Gasteiger charge is -2.11. The minimum Gasteiger partial charge on any atom is -0.496 e. The number of alkyl halides is 1. The minimum atomic E-state index is 0.0358. The monoisotopic (exact) mass is 226 g/mol. The normalized spacial score (nSPS) is 10.1. The lowest BCUT2D eigenvalue weighted by Crippen LogP contribution is -2.04. The van der Waals surface area contributed by atoms with Crippen LogP contribution in [0.3, 0.4) is 0 Å². The van der Waals surface area contributed by atoms with Gasteiger partial charge in [-0.3, -0.25) is 4.79 Å². The van der Waals surface area contributed by atoms with Crippen molar-refractivity contribution < 1.29 is 9.53 Å². The van der Waals surface area contributed by atoms with E-state index in [4.69, 9.17) is 16.3 Å². The summed E-state index contributed by atoms with van der Waals surface area (Å²) in [5.41, 5.74) is 2.68. The Balaban J connectivity index is 3.20. The first-order valence-electron chi connectivity index (χ1n) is 4.84. The Kier molecular flexibility index (Phi) is 4.15. The first kappa shape index (κ1) is 12.1. The number of carbonyl (C=O) groups excluding carboxylic acids is 1. The van der Waals surface area contributed by atoms with Gasteiger partial charge in [-0.15, -0.1) is 11.6 Å². The molecule has 3 heteroatoms. The number of hydrogen-bond acceptors (Lipinski definition) is 2. The molecule has 0 saturated heterocycles. The second-order valence-electron chi connectivity index (χ2n) is 3.52. The van der Waals surface area contributed by atoms with Crippen molar-refractivity contribution in [1.29, 1.82) is 0 Å². The fraction of sp³-hybridized carbons (Fsp3) is 0.417. The molecular weight excluding hydrogens is 212 g/mol. The van der Waals surface area contributed by atoms with Gasteiger partial charge in [0.1, 0.15) is 5.75 Å². The Labute approximate surface area is 95.2 Å². The molecule has 82 valence electrons. The number of benzene rings is 1. The maximum absolute atomic E-state index is 11.8. The molecule has 0 heterocycles. The van der Waals surface area contributed by atoms with Crippen LogP contribution in [-0.4, -0.2) is 18.8 Å². The predicted molar refractivity (Wildman–Crippen MR) is 62.1 cm³/mol. The largest absolute Gasteiger partial charge is 0.496 e. The van der Waals surface area contributed by atoms with Crippen molar-refractivity contribution >= 4 is 17.4 Å². The Bertz CT molecular complexity index is 372. The van der Waals surface area contributed by atoms with E-state index in [9.17, 15) is 4.79 Å². The molecule has 1 rings (SSSR count). The van der Waals surface area contributed by atoms with Crippen LogP contribution in [0, 0.1) is 13.8 Å². The Hall–Kier alpha value is -1.02. The smallest absolute Gasteiger partial charge is 0.167 e. The zero-order valence-electron chi connectivity index (χ0n) is 9.26. The van der Waals surface area contributed by atoms with Crippen molar-refractivity contribution in [2.45, 2.75) is 20.3 Å². The summed E-state index contributed by atoms with van der Waals surface area (Å²) in [7, 11) is 1.58. The topological polar surface area (TPSA) is 26.3 Å². The fourth-order valence-corrected chi connectivity index (χ4v) is 1.82. The SMILES string of the molecule is COc1c(C)cc(C)cc1C(=O)CCCl. The molecule has 0 saturated carbocycles. The number of halogens is 1. The third-order valence-corrected chi connectivity index (χ3v) is 2.43. The third kappa shape index (κ3) is 2.72. The van der Waals surface area contributed by atoms with E-state index in [-0.39, 0.29) is 5.78 Å². The summed E-state index contributed by atoms with van der Waals surface area (Å²) in [6.45, 7) is 3.90. The van der Waals surface area contributed by atoms with Gasteiger partial charge in [0.25, 0.3) is 0 Å². The molecule has 0 unspecified atom stereocenters. The molecule has 0 aliphatic rings. The van der Waals surface area contributed by atoms with E-state index in [1.54, 1.807) is 7.11 Å². The van der Waals surface area contributed by atoms with E-state index in [0.29, 0.717) is 23.6 Å². The first-order valence-corrected chi connectivity index (χ1v) is 5.38. The number of hydrogen-bond donors (Lipinski definition) is 0. The molecule has 0 N–H and O–H groups in total.